The summed E-state index contributed by atoms with van der Waals surface area (Å²) >= 11 is 0. The Morgan fingerprint density at radius 3 is 2.57 bits per heavy atom. The first kappa shape index (κ1) is 10.6. The zero-order valence-electron chi connectivity index (χ0n) is 7.51. The van der Waals surface area contributed by atoms with Gasteiger partial charge in [0.15, 0.2) is 5.69 Å². The molecule has 1 aromatic heterocycles. The van der Waals surface area contributed by atoms with Crippen molar-refractivity contribution >= 4 is 5.91 Å². The molecular weight excluding hydrogens is 199 g/mol. The van der Waals surface area contributed by atoms with Crippen molar-refractivity contribution in [3.63, 3.8) is 0 Å². The van der Waals surface area contributed by atoms with Crippen LogP contribution < -0.4 is 5.32 Å². The predicted octanol–water partition coefficient (Wildman–Crippen LogP) is 0.798. The summed E-state index contributed by atoms with van der Waals surface area (Å²) in [5.41, 5.74) is -1.51. The highest BCUT2D eigenvalue weighted by molar-refractivity contribution is 5.95. The average Bonchev–Trinajstić information content (AvgIpc) is 2.44. The quantitative estimate of drug-likeness (QED) is 0.740. The van der Waals surface area contributed by atoms with Gasteiger partial charge in [0.1, 0.15) is 0 Å². The summed E-state index contributed by atoms with van der Waals surface area (Å²) in [5.74, 6) is -0.801. The molecule has 1 amide bonds. The summed E-state index contributed by atoms with van der Waals surface area (Å²) in [7, 11) is 2.39. The highest BCUT2D eigenvalue weighted by Crippen LogP contribution is 2.31. The molecule has 14 heavy (non-hydrogen) atoms. The van der Waals surface area contributed by atoms with Crippen molar-refractivity contribution in [3.8, 4) is 0 Å². The summed E-state index contributed by atoms with van der Waals surface area (Å²) in [6, 6.07) is 0. The monoisotopic (exact) mass is 207 g/mol. The number of nitrogens with one attached hydrogen (secondary N) is 1. The molecule has 1 rings (SSSR count). The van der Waals surface area contributed by atoms with Crippen LogP contribution in [0.2, 0.25) is 0 Å². The lowest BCUT2D eigenvalue weighted by Crippen LogP contribution is -2.23. The maximum Gasteiger partial charge on any atom is 0.433 e. The zero-order chi connectivity index (χ0) is 10.9. The Morgan fingerprint density at radius 2 is 2.14 bits per heavy atom. The van der Waals surface area contributed by atoms with E-state index in [2.05, 4.69) is 10.4 Å². The Balaban J connectivity index is 3.27. The molecule has 1 aromatic rings. The summed E-state index contributed by atoms with van der Waals surface area (Å²) in [5, 5.41) is 5.50. The minimum Gasteiger partial charge on any atom is -0.355 e. The van der Waals surface area contributed by atoms with Gasteiger partial charge < -0.3 is 5.32 Å². The molecule has 78 valence electrons. The smallest absolute Gasteiger partial charge is 0.355 e. The molecule has 0 aliphatic heterocycles. The van der Waals surface area contributed by atoms with Crippen molar-refractivity contribution in [2.75, 3.05) is 7.05 Å². The molecule has 1 N–H and O–H groups in total. The fraction of sp³-hybridized carbons (Fsp3) is 0.429. The highest BCUT2D eigenvalue weighted by atomic mass is 19.4. The van der Waals surface area contributed by atoms with Crippen molar-refractivity contribution in [3.05, 3.63) is 17.5 Å². The third-order valence-corrected chi connectivity index (χ3v) is 1.68. The lowest BCUT2D eigenvalue weighted by Gasteiger charge is -2.08. The van der Waals surface area contributed by atoms with Gasteiger partial charge in [-0.1, -0.05) is 0 Å². The van der Waals surface area contributed by atoms with Gasteiger partial charge in [-0.15, -0.1) is 0 Å². The molecule has 1 heterocycles. The van der Waals surface area contributed by atoms with Gasteiger partial charge in [-0.3, -0.25) is 9.48 Å². The Bertz CT molecular complexity index is 356. The molecule has 0 saturated heterocycles. The van der Waals surface area contributed by atoms with E-state index in [4.69, 9.17) is 0 Å². The average molecular weight is 207 g/mol. The number of halogens is 3. The van der Waals surface area contributed by atoms with Crippen LogP contribution >= 0.6 is 0 Å². The van der Waals surface area contributed by atoms with Gasteiger partial charge in [-0.25, -0.2) is 0 Å². The number of hydrogen-bond acceptors (Lipinski definition) is 2. The Hall–Kier alpha value is -1.53. The third-order valence-electron chi connectivity index (χ3n) is 1.68. The molecule has 0 aliphatic carbocycles. The molecule has 0 spiro atoms. The summed E-state index contributed by atoms with van der Waals surface area (Å²) in [6.45, 7) is 0. The predicted molar refractivity (Wildman–Crippen MR) is 41.6 cm³/mol. The van der Waals surface area contributed by atoms with Crippen LogP contribution in [-0.2, 0) is 13.2 Å². The van der Waals surface area contributed by atoms with Gasteiger partial charge in [-0.2, -0.15) is 18.3 Å². The van der Waals surface area contributed by atoms with E-state index in [1.807, 2.05) is 0 Å². The molecule has 4 nitrogen and oxygen atoms in total. The maximum atomic E-state index is 12.4. The van der Waals surface area contributed by atoms with Crippen LogP contribution in [-0.4, -0.2) is 22.7 Å². The minimum absolute atomic E-state index is 0.470. The second-order valence-electron chi connectivity index (χ2n) is 2.61. The van der Waals surface area contributed by atoms with E-state index in [0.717, 1.165) is 13.2 Å². The Kier molecular flexibility index (Phi) is 2.50. The second kappa shape index (κ2) is 3.32. The molecule has 0 fully saturated rings. The normalized spacial score (nSPS) is 11.5. The SMILES string of the molecule is CNC(=O)c1cnn(C)c1C(F)(F)F. The van der Waals surface area contributed by atoms with E-state index in [1.165, 1.54) is 7.05 Å². The minimum atomic E-state index is -4.58. The molecule has 0 unspecified atom stereocenters. The lowest BCUT2D eigenvalue weighted by molar-refractivity contribution is -0.144. The van der Waals surface area contributed by atoms with Crippen molar-refractivity contribution < 1.29 is 18.0 Å². The molecular formula is C7H8F3N3O. The number of aryl methyl sites for hydroxylation is 1. The largest absolute Gasteiger partial charge is 0.433 e. The van der Waals surface area contributed by atoms with Crippen LogP contribution in [0.3, 0.4) is 0 Å². The number of amides is 1. The number of hydrogen-bond donors (Lipinski definition) is 1. The molecule has 0 radical (unpaired) electrons. The summed E-state index contributed by atoms with van der Waals surface area (Å²) < 4.78 is 37.8. The maximum absolute atomic E-state index is 12.4. The summed E-state index contributed by atoms with van der Waals surface area (Å²) in [4.78, 5) is 11.0. The zero-order valence-corrected chi connectivity index (χ0v) is 7.51. The van der Waals surface area contributed by atoms with Gasteiger partial charge in [0.05, 0.1) is 11.8 Å². The van der Waals surface area contributed by atoms with E-state index >= 15 is 0 Å². The van der Waals surface area contributed by atoms with E-state index in [9.17, 15) is 18.0 Å². The standard InChI is InChI=1S/C7H8F3N3O/c1-11-6(14)4-3-12-13(2)5(4)7(8,9)10/h3H,1-2H3,(H,11,14). The van der Waals surface area contributed by atoms with Crippen LogP contribution in [0.15, 0.2) is 6.20 Å². The second-order valence-corrected chi connectivity index (χ2v) is 2.61. The van der Waals surface area contributed by atoms with E-state index < -0.39 is 23.3 Å². The molecule has 0 saturated carbocycles. The van der Waals surface area contributed by atoms with Crippen molar-refractivity contribution in [1.82, 2.24) is 15.1 Å². The highest BCUT2D eigenvalue weighted by Gasteiger charge is 2.38. The van der Waals surface area contributed by atoms with E-state index in [1.54, 1.807) is 0 Å². The number of rotatable bonds is 1. The van der Waals surface area contributed by atoms with Crippen LogP contribution in [0.4, 0.5) is 13.2 Å². The van der Waals surface area contributed by atoms with Gasteiger partial charge in [0.25, 0.3) is 5.91 Å². The van der Waals surface area contributed by atoms with E-state index in [0.29, 0.717) is 4.68 Å². The van der Waals surface area contributed by atoms with Gasteiger partial charge in [-0.05, 0) is 0 Å². The van der Waals surface area contributed by atoms with Gasteiger partial charge in [0, 0.05) is 14.1 Å². The summed E-state index contributed by atoms with van der Waals surface area (Å²) in [6.07, 6.45) is -3.69. The molecule has 7 heteroatoms. The van der Waals surface area contributed by atoms with Crippen molar-refractivity contribution in [2.24, 2.45) is 7.05 Å². The molecule has 0 atom stereocenters. The number of aromatic nitrogens is 2. The number of carbonyl (C=O) groups is 1. The van der Waals surface area contributed by atoms with Gasteiger partial charge in [0.2, 0.25) is 0 Å². The molecule has 0 aromatic carbocycles. The van der Waals surface area contributed by atoms with Crippen molar-refractivity contribution in [1.29, 1.82) is 0 Å². The lowest BCUT2D eigenvalue weighted by atomic mass is 10.2. The Labute approximate surface area is 77.7 Å². The fourth-order valence-electron chi connectivity index (χ4n) is 1.07. The van der Waals surface area contributed by atoms with Crippen molar-refractivity contribution in [2.45, 2.75) is 6.18 Å². The topological polar surface area (TPSA) is 46.9 Å². The van der Waals surface area contributed by atoms with Crippen LogP contribution in [0.25, 0.3) is 0 Å². The number of alkyl halides is 3. The van der Waals surface area contributed by atoms with E-state index in [-0.39, 0.29) is 0 Å². The van der Waals surface area contributed by atoms with Crippen LogP contribution in [0.5, 0.6) is 0 Å². The first-order valence-electron chi connectivity index (χ1n) is 3.69. The Morgan fingerprint density at radius 1 is 1.57 bits per heavy atom. The number of carbonyl (C=O) groups excluding carboxylic acids is 1. The van der Waals surface area contributed by atoms with Crippen LogP contribution in [0, 0.1) is 0 Å². The third kappa shape index (κ3) is 1.70. The molecule has 0 bridgehead atoms. The molecule has 0 aliphatic rings. The number of nitrogens with zero attached hydrogens (tertiary/aromatic N) is 2. The fourth-order valence-corrected chi connectivity index (χ4v) is 1.07. The van der Waals surface area contributed by atoms with Crippen LogP contribution in [0.1, 0.15) is 16.1 Å². The van der Waals surface area contributed by atoms with Gasteiger partial charge >= 0.3 is 6.18 Å². The first-order chi connectivity index (χ1) is 6.38. The first-order valence-corrected chi connectivity index (χ1v) is 3.69.